The topological polar surface area (TPSA) is 46.5 Å². The van der Waals surface area contributed by atoms with Gasteiger partial charge in [0, 0.05) is 6.07 Å². The van der Waals surface area contributed by atoms with Crippen LogP contribution in [0.2, 0.25) is 0 Å². The normalized spacial score (nSPS) is 11.4. The van der Waals surface area contributed by atoms with Gasteiger partial charge >= 0.3 is 5.97 Å². The van der Waals surface area contributed by atoms with E-state index in [0.29, 0.717) is 6.07 Å². The molecule has 0 saturated heterocycles. The van der Waals surface area contributed by atoms with Crippen LogP contribution in [0, 0.1) is 11.6 Å². The average Bonchev–Trinajstić information content (AvgIpc) is 2.18. The summed E-state index contributed by atoms with van der Waals surface area (Å²) in [4.78, 5) is 10.2. The third-order valence-electron chi connectivity index (χ3n) is 2.01. The largest absolute Gasteiger partial charge is 0.494 e. The van der Waals surface area contributed by atoms with Crippen LogP contribution in [0.3, 0.4) is 0 Å². The molecule has 1 rings (SSSR count). The van der Waals surface area contributed by atoms with E-state index in [1.807, 2.05) is 0 Å². The molecular weight excluding hydrogens is 244 g/mol. The Balaban J connectivity index is 3.22. The molecule has 0 unspecified atom stereocenters. The SMILES string of the molecule is COc1cc(F)c(C(F)(F)CC(=O)O)cc1F. The monoisotopic (exact) mass is 252 g/mol. The van der Waals surface area contributed by atoms with Crippen LogP contribution in [0.5, 0.6) is 5.75 Å². The number of carboxylic acid groups (broad SMARTS) is 1. The Bertz CT molecular complexity index is 445. The number of hydrogen-bond donors (Lipinski definition) is 1. The molecule has 1 aromatic carbocycles. The predicted molar refractivity (Wildman–Crippen MR) is 49.1 cm³/mol. The second kappa shape index (κ2) is 4.60. The minimum Gasteiger partial charge on any atom is -0.494 e. The van der Waals surface area contributed by atoms with Gasteiger partial charge < -0.3 is 9.84 Å². The molecule has 0 fully saturated rings. The zero-order valence-electron chi connectivity index (χ0n) is 8.64. The van der Waals surface area contributed by atoms with E-state index >= 15 is 0 Å². The van der Waals surface area contributed by atoms with Crippen molar-refractivity contribution in [2.75, 3.05) is 7.11 Å². The summed E-state index contributed by atoms with van der Waals surface area (Å²) in [6.07, 6.45) is -1.62. The van der Waals surface area contributed by atoms with Gasteiger partial charge in [-0.25, -0.2) is 17.6 Å². The molecule has 1 aromatic rings. The van der Waals surface area contributed by atoms with Gasteiger partial charge in [-0.15, -0.1) is 0 Å². The van der Waals surface area contributed by atoms with Gasteiger partial charge in [-0.1, -0.05) is 0 Å². The fraction of sp³-hybridized carbons (Fsp3) is 0.300. The van der Waals surface area contributed by atoms with Crippen molar-refractivity contribution in [3.05, 3.63) is 29.3 Å². The van der Waals surface area contributed by atoms with Crippen molar-refractivity contribution in [2.45, 2.75) is 12.3 Å². The van der Waals surface area contributed by atoms with Crippen LogP contribution in [0.4, 0.5) is 17.6 Å². The Kier molecular flexibility index (Phi) is 3.59. The average molecular weight is 252 g/mol. The molecule has 0 spiro atoms. The first-order chi connectivity index (χ1) is 7.77. The van der Waals surface area contributed by atoms with Crippen molar-refractivity contribution in [3.8, 4) is 5.75 Å². The molecule has 0 saturated carbocycles. The molecule has 94 valence electrons. The number of halogens is 4. The van der Waals surface area contributed by atoms with E-state index in [2.05, 4.69) is 4.74 Å². The van der Waals surface area contributed by atoms with Gasteiger partial charge in [0.1, 0.15) is 12.2 Å². The fourth-order valence-corrected chi connectivity index (χ4v) is 1.25. The number of carbonyl (C=O) groups is 1. The van der Waals surface area contributed by atoms with Crippen LogP contribution in [0.15, 0.2) is 12.1 Å². The first-order valence-corrected chi connectivity index (χ1v) is 4.41. The summed E-state index contributed by atoms with van der Waals surface area (Å²) >= 11 is 0. The minimum absolute atomic E-state index is 0.233. The van der Waals surface area contributed by atoms with Gasteiger partial charge in [-0.3, -0.25) is 4.79 Å². The van der Waals surface area contributed by atoms with Crippen molar-refractivity contribution in [2.24, 2.45) is 0 Å². The lowest BCUT2D eigenvalue weighted by atomic mass is 10.0. The number of alkyl halides is 2. The second-order valence-electron chi connectivity index (χ2n) is 3.24. The number of benzene rings is 1. The summed E-state index contributed by atoms with van der Waals surface area (Å²) < 4.78 is 57.3. The van der Waals surface area contributed by atoms with Gasteiger partial charge in [0.2, 0.25) is 0 Å². The zero-order valence-corrected chi connectivity index (χ0v) is 8.64. The van der Waals surface area contributed by atoms with E-state index in [0.717, 1.165) is 7.11 Å². The van der Waals surface area contributed by atoms with Crippen LogP contribution >= 0.6 is 0 Å². The molecular formula is C10H8F4O3. The molecule has 0 amide bonds. The van der Waals surface area contributed by atoms with Crippen molar-refractivity contribution in [1.29, 1.82) is 0 Å². The number of ether oxygens (including phenoxy) is 1. The number of rotatable bonds is 4. The Morgan fingerprint density at radius 3 is 2.41 bits per heavy atom. The van der Waals surface area contributed by atoms with E-state index < -0.39 is 41.3 Å². The Hall–Kier alpha value is -1.79. The number of aliphatic carboxylic acids is 1. The lowest BCUT2D eigenvalue weighted by molar-refractivity contribution is -0.145. The van der Waals surface area contributed by atoms with Gasteiger partial charge in [-0.05, 0) is 6.07 Å². The van der Waals surface area contributed by atoms with Crippen LogP contribution < -0.4 is 4.74 Å². The quantitative estimate of drug-likeness (QED) is 0.837. The minimum atomic E-state index is -3.98. The van der Waals surface area contributed by atoms with E-state index in [4.69, 9.17) is 5.11 Å². The molecule has 0 aliphatic carbocycles. The molecule has 7 heteroatoms. The van der Waals surface area contributed by atoms with Gasteiger partial charge in [0.05, 0.1) is 12.7 Å². The highest BCUT2D eigenvalue weighted by Crippen LogP contribution is 2.35. The van der Waals surface area contributed by atoms with E-state index in [1.54, 1.807) is 0 Å². The maximum absolute atomic E-state index is 13.3. The number of hydrogen-bond acceptors (Lipinski definition) is 2. The highest BCUT2D eigenvalue weighted by Gasteiger charge is 2.38. The first-order valence-electron chi connectivity index (χ1n) is 4.41. The molecule has 0 atom stereocenters. The molecule has 3 nitrogen and oxygen atoms in total. The summed E-state index contributed by atoms with van der Waals surface area (Å²) in [6, 6.07) is 0.678. The lowest BCUT2D eigenvalue weighted by Gasteiger charge is -2.16. The van der Waals surface area contributed by atoms with Crippen LogP contribution in [0.1, 0.15) is 12.0 Å². The Morgan fingerprint density at radius 2 is 1.94 bits per heavy atom. The standard InChI is InChI=1S/C10H8F4O3/c1-17-8-3-6(11)5(2-7(8)12)10(13,14)4-9(15)16/h2-3H,4H2,1H3,(H,15,16). The van der Waals surface area contributed by atoms with Gasteiger partial charge in [0.15, 0.2) is 11.6 Å². The van der Waals surface area contributed by atoms with E-state index in [9.17, 15) is 22.4 Å². The Morgan fingerprint density at radius 1 is 1.35 bits per heavy atom. The summed E-state index contributed by atoms with van der Waals surface area (Å²) in [5.41, 5.74) is -1.31. The molecule has 0 bridgehead atoms. The third kappa shape index (κ3) is 2.86. The summed E-state index contributed by atoms with van der Waals surface area (Å²) in [5.74, 6) is -8.94. The highest BCUT2D eigenvalue weighted by molar-refractivity contribution is 5.68. The molecule has 0 heterocycles. The lowest BCUT2D eigenvalue weighted by Crippen LogP contribution is -2.20. The number of carboxylic acids is 1. The first kappa shape index (κ1) is 13.3. The van der Waals surface area contributed by atoms with Crippen molar-refractivity contribution in [3.63, 3.8) is 0 Å². The highest BCUT2D eigenvalue weighted by atomic mass is 19.3. The van der Waals surface area contributed by atoms with E-state index in [-0.39, 0.29) is 6.07 Å². The molecule has 0 aliphatic heterocycles. The van der Waals surface area contributed by atoms with Gasteiger partial charge in [-0.2, -0.15) is 0 Å². The molecule has 0 aliphatic rings. The van der Waals surface area contributed by atoms with E-state index in [1.165, 1.54) is 0 Å². The van der Waals surface area contributed by atoms with Crippen molar-refractivity contribution >= 4 is 5.97 Å². The third-order valence-corrected chi connectivity index (χ3v) is 2.01. The summed E-state index contributed by atoms with van der Waals surface area (Å²) in [7, 11) is 1.05. The maximum Gasteiger partial charge on any atom is 0.309 e. The van der Waals surface area contributed by atoms with Crippen LogP contribution in [0.25, 0.3) is 0 Å². The molecule has 0 radical (unpaired) electrons. The zero-order chi connectivity index (χ0) is 13.2. The molecule has 1 N–H and O–H groups in total. The van der Waals surface area contributed by atoms with Crippen LogP contribution in [-0.2, 0) is 10.7 Å². The molecule has 17 heavy (non-hydrogen) atoms. The summed E-state index contributed by atoms with van der Waals surface area (Å²) in [5, 5.41) is 8.25. The fourth-order valence-electron chi connectivity index (χ4n) is 1.25. The van der Waals surface area contributed by atoms with Crippen molar-refractivity contribution in [1.82, 2.24) is 0 Å². The smallest absolute Gasteiger partial charge is 0.309 e. The summed E-state index contributed by atoms with van der Waals surface area (Å²) in [6.45, 7) is 0. The van der Waals surface area contributed by atoms with Gasteiger partial charge in [0.25, 0.3) is 5.92 Å². The predicted octanol–water partition coefficient (Wildman–Crippen LogP) is 2.54. The Labute approximate surface area is 93.6 Å². The van der Waals surface area contributed by atoms with Crippen molar-refractivity contribution < 1.29 is 32.2 Å². The van der Waals surface area contributed by atoms with Crippen LogP contribution in [-0.4, -0.2) is 18.2 Å². The number of methoxy groups -OCH3 is 1. The second-order valence-corrected chi connectivity index (χ2v) is 3.24. The maximum atomic E-state index is 13.3. The molecule has 0 aromatic heterocycles.